The van der Waals surface area contributed by atoms with Crippen LogP contribution in [-0.2, 0) is 0 Å². The molecule has 0 bridgehead atoms. The number of carboxylic acids is 1. The smallest absolute Gasteiger partial charge is 0.337 e. The fourth-order valence-electron chi connectivity index (χ4n) is 1.21. The Labute approximate surface area is 78.6 Å². The minimum atomic E-state index is -1.05. The highest BCUT2D eigenvalue weighted by Gasteiger charge is 2.08. The summed E-state index contributed by atoms with van der Waals surface area (Å²) >= 11 is 0. The number of hydrogen-bond acceptors (Lipinski definition) is 3. The highest BCUT2D eigenvalue weighted by Crippen LogP contribution is 2.16. The number of nitrogens with one attached hydrogen (secondary N) is 1. The summed E-state index contributed by atoms with van der Waals surface area (Å²) in [7, 11) is 0. The molecule has 5 nitrogen and oxygen atoms in total. The van der Waals surface area contributed by atoms with Crippen LogP contribution in [-0.4, -0.2) is 21.0 Å². The first-order valence-corrected chi connectivity index (χ1v) is 3.83. The molecule has 0 radical (unpaired) electrons. The predicted molar refractivity (Wildman–Crippen MR) is 47.8 cm³/mol. The highest BCUT2D eigenvalue weighted by molar-refractivity contribution is 5.93. The molecule has 2 aromatic heterocycles. The quantitative estimate of drug-likeness (QED) is 0.700. The van der Waals surface area contributed by atoms with Crippen LogP contribution in [0.15, 0.2) is 18.5 Å². The van der Waals surface area contributed by atoms with Crippen LogP contribution in [0.5, 0.6) is 0 Å². The van der Waals surface area contributed by atoms with Crippen molar-refractivity contribution in [1.29, 1.82) is 5.26 Å². The van der Waals surface area contributed by atoms with Gasteiger partial charge in [-0.15, -0.1) is 0 Å². The average molecular weight is 187 g/mol. The zero-order valence-electron chi connectivity index (χ0n) is 6.98. The lowest BCUT2D eigenvalue weighted by Crippen LogP contribution is -1.96. The third-order valence-corrected chi connectivity index (χ3v) is 1.90. The van der Waals surface area contributed by atoms with E-state index in [4.69, 9.17) is 10.4 Å². The minimum Gasteiger partial charge on any atom is -0.478 e. The Bertz CT molecular complexity index is 551. The van der Waals surface area contributed by atoms with Crippen LogP contribution >= 0.6 is 0 Å². The number of nitriles is 1. The number of rotatable bonds is 1. The Hall–Kier alpha value is -2.35. The molecule has 0 unspecified atom stereocenters. The number of fused-ring (bicyclic) bond motifs is 1. The summed E-state index contributed by atoms with van der Waals surface area (Å²) in [6.45, 7) is 0. The van der Waals surface area contributed by atoms with Gasteiger partial charge in [0.15, 0.2) is 0 Å². The van der Waals surface area contributed by atoms with Crippen LogP contribution in [0.3, 0.4) is 0 Å². The second-order valence-electron chi connectivity index (χ2n) is 2.74. The molecule has 0 aliphatic carbocycles. The number of nitrogens with zero attached hydrogens (tertiary/aromatic N) is 2. The van der Waals surface area contributed by atoms with Crippen molar-refractivity contribution < 1.29 is 9.90 Å². The van der Waals surface area contributed by atoms with Gasteiger partial charge in [-0.05, 0) is 6.07 Å². The van der Waals surface area contributed by atoms with E-state index in [-0.39, 0.29) is 5.56 Å². The first kappa shape index (κ1) is 8.26. The number of aromatic carboxylic acids is 1. The fraction of sp³-hybridized carbons (Fsp3) is 0. The fourth-order valence-corrected chi connectivity index (χ4v) is 1.21. The second kappa shape index (κ2) is 2.85. The van der Waals surface area contributed by atoms with E-state index in [9.17, 15) is 4.79 Å². The number of aromatic nitrogens is 2. The molecule has 2 rings (SSSR count). The molecule has 0 aromatic carbocycles. The highest BCUT2D eigenvalue weighted by atomic mass is 16.4. The van der Waals surface area contributed by atoms with Crippen molar-refractivity contribution in [3.63, 3.8) is 0 Å². The number of hydrogen-bond donors (Lipinski definition) is 2. The maximum atomic E-state index is 10.6. The lowest BCUT2D eigenvalue weighted by molar-refractivity contribution is 0.0696. The van der Waals surface area contributed by atoms with Crippen molar-refractivity contribution in [1.82, 2.24) is 9.97 Å². The molecule has 0 amide bonds. The molecule has 68 valence electrons. The van der Waals surface area contributed by atoms with E-state index < -0.39 is 5.97 Å². The monoisotopic (exact) mass is 187 g/mol. The van der Waals surface area contributed by atoms with Crippen LogP contribution < -0.4 is 0 Å². The molecular formula is C9H5N3O2. The summed E-state index contributed by atoms with van der Waals surface area (Å²) in [5.74, 6) is -1.05. The van der Waals surface area contributed by atoms with E-state index in [1.165, 1.54) is 18.5 Å². The average Bonchev–Trinajstić information content (AvgIpc) is 2.59. The molecule has 0 spiro atoms. The molecule has 2 N–H and O–H groups in total. The largest absolute Gasteiger partial charge is 0.478 e. The molecule has 14 heavy (non-hydrogen) atoms. The van der Waals surface area contributed by atoms with Crippen molar-refractivity contribution >= 4 is 17.0 Å². The van der Waals surface area contributed by atoms with Gasteiger partial charge in [0.2, 0.25) is 0 Å². The van der Waals surface area contributed by atoms with Gasteiger partial charge in [-0.25, -0.2) is 9.78 Å². The predicted octanol–water partition coefficient (Wildman–Crippen LogP) is 1.13. The van der Waals surface area contributed by atoms with Gasteiger partial charge in [0.25, 0.3) is 0 Å². The number of aromatic amines is 1. The van der Waals surface area contributed by atoms with Crippen LogP contribution in [0, 0.1) is 11.3 Å². The molecule has 2 heterocycles. The maximum absolute atomic E-state index is 10.6. The van der Waals surface area contributed by atoms with Gasteiger partial charge in [0, 0.05) is 17.8 Å². The van der Waals surface area contributed by atoms with Crippen molar-refractivity contribution in [2.45, 2.75) is 0 Å². The number of pyridine rings is 1. The molecule has 0 fully saturated rings. The molecular weight excluding hydrogens is 182 g/mol. The van der Waals surface area contributed by atoms with Crippen LogP contribution in [0.4, 0.5) is 0 Å². The molecule has 0 saturated carbocycles. The number of carboxylic acid groups (broad SMARTS) is 1. The van der Waals surface area contributed by atoms with Crippen LogP contribution in [0.1, 0.15) is 15.9 Å². The minimum absolute atomic E-state index is 0.0774. The Morgan fingerprint density at radius 3 is 3.07 bits per heavy atom. The first-order chi connectivity index (χ1) is 6.72. The van der Waals surface area contributed by atoms with E-state index in [2.05, 4.69) is 9.97 Å². The second-order valence-corrected chi connectivity index (χ2v) is 2.74. The summed E-state index contributed by atoms with van der Waals surface area (Å²) in [5.41, 5.74) is 0.996. The normalized spacial score (nSPS) is 9.93. The first-order valence-electron chi connectivity index (χ1n) is 3.83. The lowest BCUT2D eigenvalue weighted by atomic mass is 10.2. The van der Waals surface area contributed by atoms with Crippen molar-refractivity contribution in [3.8, 4) is 6.07 Å². The molecule has 0 aliphatic heterocycles. The molecule has 5 heteroatoms. The van der Waals surface area contributed by atoms with E-state index >= 15 is 0 Å². The SMILES string of the molecule is N#Cc1c[nH]c2ncc(C(=O)O)cc12. The Morgan fingerprint density at radius 2 is 2.43 bits per heavy atom. The number of H-pyrrole nitrogens is 1. The van der Waals surface area contributed by atoms with Gasteiger partial charge in [-0.1, -0.05) is 0 Å². The maximum Gasteiger partial charge on any atom is 0.337 e. The van der Waals surface area contributed by atoms with Crippen LogP contribution in [0.2, 0.25) is 0 Å². The standard InChI is InChI=1S/C9H5N3O2/c10-2-6-4-12-8-7(6)1-5(3-11-8)9(13)14/h1,3-4H,(H,11,12)(H,13,14). The van der Waals surface area contributed by atoms with Crippen molar-refractivity contribution in [2.75, 3.05) is 0 Å². The molecule has 0 atom stereocenters. The zero-order valence-corrected chi connectivity index (χ0v) is 6.98. The Kier molecular flexibility index (Phi) is 1.68. The Morgan fingerprint density at radius 1 is 1.64 bits per heavy atom. The lowest BCUT2D eigenvalue weighted by Gasteiger charge is -1.93. The van der Waals surface area contributed by atoms with Gasteiger partial charge < -0.3 is 10.1 Å². The topological polar surface area (TPSA) is 89.8 Å². The third-order valence-electron chi connectivity index (χ3n) is 1.90. The van der Waals surface area contributed by atoms with Gasteiger partial charge in [-0.2, -0.15) is 5.26 Å². The van der Waals surface area contributed by atoms with Gasteiger partial charge in [0.1, 0.15) is 11.7 Å². The summed E-state index contributed by atoms with van der Waals surface area (Å²) < 4.78 is 0. The molecule has 0 aliphatic rings. The molecule has 0 saturated heterocycles. The van der Waals surface area contributed by atoms with E-state index in [0.29, 0.717) is 16.6 Å². The van der Waals surface area contributed by atoms with E-state index in [1.807, 2.05) is 6.07 Å². The zero-order chi connectivity index (χ0) is 10.1. The summed E-state index contributed by atoms with van der Waals surface area (Å²) in [6.07, 6.45) is 2.76. The number of carbonyl (C=O) groups is 1. The van der Waals surface area contributed by atoms with Gasteiger partial charge in [0.05, 0.1) is 11.1 Å². The summed E-state index contributed by atoms with van der Waals surface area (Å²) in [4.78, 5) is 17.3. The third kappa shape index (κ3) is 1.10. The Balaban J connectivity index is 2.75. The van der Waals surface area contributed by atoms with Gasteiger partial charge in [-0.3, -0.25) is 0 Å². The summed E-state index contributed by atoms with van der Waals surface area (Å²) in [5, 5.41) is 18.0. The van der Waals surface area contributed by atoms with Crippen molar-refractivity contribution in [2.24, 2.45) is 0 Å². The van der Waals surface area contributed by atoms with Crippen LogP contribution in [0.25, 0.3) is 11.0 Å². The van der Waals surface area contributed by atoms with E-state index in [0.717, 1.165) is 0 Å². The van der Waals surface area contributed by atoms with E-state index in [1.54, 1.807) is 0 Å². The summed E-state index contributed by atoms with van der Waals surface area (Å²) in [6, 6.07) is 3.38. The van der Waals surface area contributed by atoms with Crippen molar-refractivity contribution in [3.05, 3.63) is 29.6 Å². The van der Waals surface area contributed by atoms with Gasteiger partial charge >= 0.3 is 5.97 Å². The molecule has 2 aromatic rings.